The molecule has 0 atom stereocenters. The van der Waals surface area contributed by atoms with Gasteiger partial charge in [-0.1, -0.05) is 12.1 Å². The molecule has 0 aliphatic heterocycles. The highest BCUT2D eigenvalue weighted by molar-refractivity contribution is 5.91. The van der Waals surface area contributed by atoms with Crippen LogP contribution in [0.1, 0.15) is 31.9 Å². The average molecular weight is 294 g/mol. The summed E-state index contributed by atoms with van der Waals surface area (Å²) in [7, 11) is 0. The largest absolute Gasteiger partial charge is 0.457 e. The Morgan fingerprint density at radius 1 is 1.23 bits per heavy atom. The summed E-state index contributed by atoms with van der Waals surface area (Å²) in [5.41, 5.74) is 7.05. The summed E-state index contributed by atoms with van der Waals surface area (Å²) in [5, 5.41) is 10.9. The lowest BCUT2D eigenvalue weighted by atomic mass is 10.0. The zero-order chi connectivity index (χ0) is 16.3. The molecule has 22 heavy (non-hydrogen) atoms. The minimum absolute atomic E-state index is 0.386. The number of nitrogens with two attached hydrogens (primary N) is 1. The van der Waals surface area contributed by atoms with Crippen LogP contribution in [0.15, 0.2) is 36.4 Å². The van der Waals surface area contributed by atoms with Gasteiger partial charge in [0.1, 0.15) is 11.7 Å². The third-order valence-corrected chi connectivity index (χ3v) is 2.97. The number of carbonyl (C=O) groups is 1. The lowest BCUT2D eigenvalue weighted by Gasteiger charge is -2.17. The molecule has 0 amide bonds. The van der Waals surface area contributed by atoms with Crippen molar-refractivity contribution in [1.82, 2.24) is 0 Å². The average Bonchev–Trinajstić information content (AvgIpc) is 2.42. The molecule has 4 heteroatoms. The molecule has 2 aromatic carbocycles. The second-order valence-electron chi connectivity index (χ2n) is 6.02. The maximum absolute atomic E-state index is 11.7. The van der Waals surface area contributed by atoms with E-state index in [4.69, 9.17) is 15.7 Å². The van der Waals surface area contributed by atoms with Gasteiger partial charge in [-0.15, -0.1) is 0 Å². The quantitative estimate of drug-likeness (QED) is 0.521. The summed E-state index contributed by atoms with van der Waals surface area (Å²) in [4.78, 5) is 11.7. The van der Waals surface area contributed by atoms with Crippen molar-refractivity contribution < 1.29 is 9.53 Å². The lowest BCUT2D eigenvalue weighted by Crippen LogP contribution is -2.22. The first-order valence-electron chi connectivity index (χ1n) is 6.93. The summed E-state index contributed by atoms with van der Waals surface area (Å²) in [6.07, 6.45) is 3.09. The molecule has 0 aliphatic carbocycles. The fourth-order valence-corrected chi connectivity index (χ4v) is 2.03. The van der Waals surface area contributed by atoms with Crippen LogP contribution in [0.5, 0.6) is 0 Å². The molecule has 0 aromatic heterocycles. The van der Waals surface area contributed by atoms with E-state index < -0.39 is 5.60 Å². The first-order valence-corrected chi connectivity index (χ1v) is 6.93. The second kappa shape index (κ2) is 5.90. The number of ether oxygens (including phenoxy) is 1. The minimum atomic E-state index is -0.510. The minimum Gasteiger partial charge on any atom is -0.457 e. The van der Waals surface area contributed by atoms with Crippen LogP contribution in [0, 0.1) is 11.3 Å². The fourth-order valence-electron chi connectivity index (χ4n) is 2.03. The summed E-state index contributed by atoms with van der Waals surface area (Å²) >= 11 is 0. The standard InChI is InChI=1S/C18H18N2O2/c1-18(2,3)22-17(21)7-5-12-4-6-13-10-16(20)15(11-19)9-14(13)8-12/h4-10H,20H2,1-3H3/b7-5+. The first kappa shape index (κ1) is 15.6. The Morgan fingerprint density at radius 2 is 1.95 bits per heavy atom. The predicted molar refractivity (Wildman–Crippen MR) is 88.0 cm³/mol. The van der Waals surface area contributed by atoms with Crippen molar-refractivity contribution in [3.8, 4) is 6.07 Å². The number of hydrogen-bond acceptors (Lipinski definition) is 4. The van der Waals surface area contributed by atoms with Crippen LogP contribution in [0.25, 0.3) is 16.8 Å². The van der Waals surface area contributed by atoms with Crippen molar-refractivity contribution in [3.63, 3.8) is 0 Å². The van der Waals surface area contributed by atoms with Crippen LogP contribution in [0.3, 0.4) is 0 Å². The normalized spacial score (nSPS) is 11.5. The number of hydrogen-bond donors (Lipinski definition) is 1. The van der Waals surface area contributed by atoms with E-state index in [1.165, 1.54) is 6.08 Å². The Balaban J connectivity index is 2.28. The van der Waals surface area contributed by atoms with Crippen LogP contribution in [0.4, 0.5) is 5.69 Å². The molecule has 2 rings (SSSR count). The van der Waals surface area contributed by atoms with Gasteiger partial charge in [-0.25, -0.2) is 4.79 Å². The number of benzene rings is 2. The molecule has 0 aliphatic rings. The third-order valence-electron chi connectivity index (χ3n) is 2.97. The van der Waals surface area contributed by atoms with Gasteiger partial charge in [-0.3, -0.25) is 0 Å². The molecular formula is C18H18N2O2. The highest BCUT2D eigenvalue weighted by Crippen LogP contribution is 2.23. The van der Waals surface area contributed by atoms with Crippen LogP contribution < -0.4 is 5.73 Å². The van der Waals surface area contributed by atoms with E-state index in [2.05, 4.69) is 6.07 Å². The van der Waals surface area contributed by atoms with Gasteiger partial charge < -0.3 is 10.5 Å². The molecule has 0 radical (unpaired) electrons. The number of nitrogens with zero attached hydrogens (tertiary/aromatic N) is 1. The van der Waals surface area contributed by atoms with Gasteiger partial charge in [-0.2, -0.15) is 5.26 Å². The predicted octanol–water partition coefficient (Wildman–Crippen LogP) is 3.65. The van der Waals surface area contributed by atoms with Crippen LogP contribution >= 0.6 is 0 Å². The molecular weight excluding hydrogens is 276 g/mol. The molecule has 0 fully saturated rings. The third kappa shape index (κ3) is 3.86. The van der Waals surface area contributed by atoms with Crippen LogP contribution in [-0.2, 0) is 9.53 Å². The first-order chi connectivity index (χ1) is 10.3. The summed E-state index contributed by atoms with van der Waals surface area (Å²) in [5.74, 6) is -0.386. The SMILES string of the molecule is CC(C)(C)OC(=O)/C=C/c1ccc2cc(N)c(C#N)cc2c1. The molecule has 2 N–H and O–H groups in total. The topological polar surface area (TPSA) is 76.1 Å². The molecule has 0 unspecified atom stereocenters. The van der Waals surface area contributed by atoms with Gasteiger partial charge >= 0.3 is 5.97 Å². The maximum atomic E-state index is 11.7. The van der Waals surface area contributed by atoms with E-state index in [0.29, 0.717) is 11.3 Å². The number of esters is 1. The van der Waals surface area contributed by atoms with Gasteiger partial charge in [0, 0.05) is 6.08 Å². The van der Waals surface area contributed by atoms with Crippen LogP contribution in [0.2, 0.25) is 0 Å². The Bertz CT molecular complexity index is 793. The van der Waals surface area contributed by atoms with Crippen molar-refractivity contribution in [1.29, 1.82) is 5.26 Å². The molecule has 2 aromatic rings. The van der Waals surface area contributed by atoms with E-state index in [9.17, 15) is 4.79 Å². The molecule has 112 valence electrons. The van der Waals surface area contributed by atoms with E-state index in [1.54, 1.807) is 18.2 Å². The van der Waals surface area contributed by atoms with E-state index >= 15 is 0 Å². The molecule has 0 spiro atoms. The number of nitriles is 1. The lowest BCUT2D eigenvalue weighted by molar-refractivity contribution is -0.148. The van der Waals surface area contributed by atoms with E-state index in [0.717, 1.165) is 16.3 Å². The highest BCUT2D eigenvalue weighted by atomic mass is 16.6. The van der Waals surface area contributed by atoms with Crippen molar-refractivity contribution in [2.24, 2.45) is 0 Å². The van der Waals surface area contributed by atoms with Crippen molar-refractivity contribution in [2.45, 2.75) is 26.4 Å². The summed E-state index contributed by atoms with van der Waals surface area (Å²) in [6, 6.07) is 11.3. The highest BCUT2D eigenvalue weighted by Gasteiger charge is 2.13. The number of rotatable bonds is 2. The van der Waals surface area contributed by atoms with Crippen molar-refractivity contribution in [3.05, 3.63) is 47.5 Å². The van der Waals surface area contributed by atoms with Gasteiger partial charge in [0.15, 0.2) is 0 Å². The number of fused-ring (bicyclic) bond motifs is 1. The van der Waals surface area contributed by atoms with Gasteiger partial charge in [0.25, 0.3) is 0 Å². The van der Waals surface area contributed by atoms with E-state index in [1.807, 2.05) is 39.0 Å². The zero-order valence-corrected chi connectivity index (χ0v) is 12.9. The van der Waals surface area contributed by atoms with Gasteiger partial charge in [0.05, 0.1) is 11.3 Å². The van der Waals surface area contributed by atoms with Crippen molar-refractivity contribution in [2.75, 3.05) is 5.73 Å². The Labute approximate surface area is 129 Å². The Morgan fingerprint density at radius 3 is 2.59 bits per heavy atom. The Hall–Kier alpha value is -2.80. The zero-order valence-electron chi connectivity index (χ0n) is 12.9. The van der Waals surface area contributed by atoms with Gasteiger partial charge in [-0.05, 0) is 61.4 Å². The summed E-state index contributed by atoms with van der Waals surface area (Å²) < 4.78 is 5.21. The monoisotopic (exact) mass is 294 g/mol. The van der Waals surface area contributed by atoms with Crippen LogP contribution in [-0.4, -0.2) is 11.6 Å². The number of anilines is 1. The molecule has 0 saturated heterocycles. The second-order valence-corrected chi connectivity index (χ2v) is 6.02. The van der Waals surface area contributed by atoms with Gasteiger partial charge in [0.2, 0.25) is 0 Å². The summed E-state index contributed by atoms with van der Waals surface area (Å²) in [6.45, 7) is 5.47. The molecule has 4 nitrogen and oxygen atoms in total. The molecule has 0 heterocycles. The molecule has 0 bridgehead atoms. The van der Waals surface area contributed by atoms with E-state index in [-0.39, 0.29) is 5.97 Å². The maximum Gasteiger partial charge on any atom is 0.331 e. The molecule has 0 saturated carbocycles. The smallest absolute Gasteiger partial charge is 0.331 e. The van der Waals surface area contributed by atoms with Crippen molar-refractivity contribution >= 4 is 28.5 Å². The Kier molecular flexibility index (Phi) is 4.18. The number of nitrogen functional groups attached to an aromatic ring is 1. The number of carbonyl (C=O) groups excluding carboxylic acids is 1. The fraction of sp³-hybridized carbons (Fsp3) is 0.222.